The Bertz CT molecular complexity index is 719. The lowest BCUT2D eigenvalue weighted by atomic mass is 9.90. The van der Waals surface area contributed by atoms with Gasteiger partial charge in [-0.1, -0.05) is 71.8 Å². The molecule has 0 bridgehead atoms. The fourth-order valence-corrected chi connectivity index (χ4v) is 2.58. The number of hydrogen-bond acceptors (Lipinski definition) is 1. The van der Waals surface area contributed by atoms with Gasteiger partial charge in [0.1, 0.15) is 0 Å². The van der Waals surface area contributed by atoms with Gasteiger partial charge in [0.2, 0.25) is 0 Å². The quantitative estimate of drug-likeness (QED) is 0.779. The number of rotatable bonds is 2. The van der Waals surface area contributed by atoms with E-state index in [2.05, 4.69) is 62.4 Å². The molecule has 0 saturated carbocycles. The van der Waals surface area contributed by atoms with Crippen molar-refractivity contribution in [2.45, 2.75) is 13.8 Å². The van der Waals surface area contributed by atoms with E-state index in [9.17, 15) is 0 Å². The third-order valence-corrected chi connectivity index (χ3v) is 3.85. The molecule has 1 heteroatoms. The monoisotopic (exact) mass is 285 g/mol. The maximum Gasteiger partial charge on any atom is 0.0540 e. The van der Waals surface area contributed by atoms with Gasteiger partial charge in [-0.05, 0) is 48.3 Å². The van der Waals surface area contributed by atoms with Crippen molar-refractivity contribution in [2.75, 3.05) is 0 Å². The van der Waals surface area contributed by atoms with Crippen LogP contribution in [0, 0.1) is 19.3 Å². The van der Waals surface area contributed by atoms with E-state index in [0.29, 0.717) is 5.71 Å². The topological polar surface area (TPSA) is 23.9 Å². The first-order valence-electron chi connectivity index (χ1n) is 7.46. The van der Waals surface area contributed by atoms with Crippen LogP contribution in [0.25, 0.3) is 5.57 Å². The number of aryl methyl sites for hydroxylation is 2. The standard InChI is InChI=1S/C21H19N/c1-15-3-7-17(8-4-15)21(18-9-5-16(2)6-10-18)19-11-13-20(22)14-12-19/h3-14,22H,1-2H3. The number of nitrogens with one attached hydrogen (secondary N) is 1. The molecule has 0 saturated heterocycles. The predicted molar refractivity (Wildman–Crippen MR) is 94.4 cm³/mol. The fraction of sp³-hybridized carbons (Fsp3) is 0.0952. The zero-order valence-electron chi connectivity index (χ0n) is 12.9. The van der Waals surface area contributed by atoms with Crippen molar-refractivity contribution in [3.63, 3.8) is 0 Å². The smallest absolute Gasteiger partial charge is 0.0540 e. The van der Waals surface area contributed by atoms with Crippen molar-refractivity contribution >= 4 is 11.3 Å². The first kappa shape index (κ1) is 14.3. The van der Waals surface area contributed by atoms with Gasteiger partial charge < -0.3 is 5.41 Å². The molecule has 0 fully saturated rings. The Morgan fingerprint density at radius 3 is 1.45 bits per heavy atom. The van der Waals surface area contributed by atoms with Gasteiger partial charge in [-0.2, -0.15) is 0 Å². The van der Waals surface area contributed by atoms with E-state index in [1.807, 2.05) is 24.3 Å². The number of allylic oxidation sites excluding steroid dienone is 5. The molecular formula is C21H19N. The van der Waals surface area contributed by atoms with Crippen LogP contribution in [0.3, 0.4) is 0 Å². The van der Waals surface area contributed by atoms with E-state index in [0.717, 1.165) is 5.57 Å². The van der Waals surface area contributed by atoms with E-state index in [1.165, 1.54) is 27.8 Å². The minimum Gasteiger partial charge on any atom is -0.301 e. The van der Waals surface area contributed by atoms with Gasteiger partial charge in [-0.25, -0.2) is 0 Å². The van der Waals surface area contributed by atoms with Gasteiger partial charge in [-0.3, -0.25) is 0 Å². The van der Waals surface area contributed by atoms with Crippen LogP contribution >= 0.6 is 0 Å². The molecule has 0 aromatic heterocycles. The molecule has 0 aliphatic heterocycles. The van der Waals surface area contributed by atoms with Crippen LogP contribution < -0.4 is 0 Å². The summed E-state index contributed by atoms with van der Waals surface area (Å²) in [6.45, 7) is 4.20. The Morgan fingerprint density at radius 2 is 1.05 bits per heavy atom. The summed E-state index contributed by atoms with van der Waals surface area (Å²) in [5.41, 5.74) is 7.81. The van der Waals surface area contributed by atoms with Crippen LogP contribution in [0.15, 0.2) is 78.4 Å². The molecule has 0 spiro atoms. The highest BCUT2D eigenvalue weighted by Gasteiger charge is 2.10. The SMILES string of the molecule is Cc1ccc(C(=C2C=CC(=N)C=C2)c2ccc(C)cc2)cc1. The van der Waals surface area contributed by atoms with Gasteiger partial charge >= 0.3 is 0 Å². The second kappa shape index (κ2) is 5.98. The average molecular weight is 285 g/mol. The second-order valence-corrected chi connectivity index (χ2v) is 5.68. The van der Waals surface area contributed by atoms with E-state index < -0.39 is 0 Å². The van der Waals surface area contributed by atoms with Crippen molar-refractivity contribution in [2.24, 2.45) is 0 Å². The first-order chi connectivity index (χ1) is 10.6. The normalized spacial score (nSPS) is 13.5. The Labute approximate surface area is 131 Å². The average Bonchev–Trinajstić information content (AvgIpc) is 2.53. The zero-order valence-corrected chi connectivity index (χ0v) is 12.9. The molecule has 0 atom stereocenters. The predicted octanol–water partition coefficient (Wildman–Crippen LogP) is 5.25. The van der Waals surface area contributed by atoms with Crippen molar-refractivity contribution in [3.8, 4) is 0 Å². The highest BCUT2D eigenvalue weighted by Crippen LogP contribution is 2.30. The summed E-state index contributed by atoms with van der Waals surface area (Å²) < 4.78 is 0. The lowest BCUT2D eigenvalue weighted by Crippen LogP contribution is -1.97. The van der Waals surface area contributed by atoms with E-state index in [-0.39, 0.29) is 0 Å². The summed E-state index contributed by atoms with van der Waals surface area (Å²) in [6, 6.07) is 17.2. The molecular weight excluding hydrogens is 266 g/mol. The molecule has 3 rings (SSSR count). The van der Waals surface area contributed by atoms with Crippen molar-refractivity contribution < 1.29 is 0 Å². The zero-order chi connectivity index (χ0) is 15.5. The molecule has 1 aliphatic carbocycles. The van der Waals surface area contributed by atoms with Crippen molar-refractivity contribution in [1.29, 1.82) is 5.41 Å². The van der Waals surface area contributed by atoms with E-state index in [4.69, 9.17) is 5.41 Å². The Balaban J connectivity index is 2.18. The molecule has 1 aliphatic rings. The summed E-state index contributed by atoms with van der Waals surface area (Å²) in [6.07, 6.45) is 7.74. The maximum absolute atomic E-state index is 7.69. The van der Waals surface area contributed by atoms with Crippen molar-refractivity contribution in [3.05, 3.63) is 101 Å². The molecule has 0 amide bonds. The van der Waals surface area contributed by atoms with Crippen LogP contribution in [0.4, 0.5) is 0 Å². The van der Waals surface area contributed by atoms with Gasteiger partial charge in [0.25, 0.3) is 0 Å². The van der Waals surface area contributed by atoms with Gasteiger partial charge in [0, 0.05) is 0 Å². The van der Waals surface area contributed by atoms with E-state index in [1.54, 1.807) is 0 Å². The molecule has 108 valence electrons. The molecule has 2 aromatic rings. The fourth-order valence-electron chi connectivity index (χ4n) is 2.58. The summed E-state index contributed by atoms with van der Waals surface area (Å²) in [5.74, 6) is 0. The van der Waals surface area contributed by atoms with Crippen LogP contribution in [0.2, 0.25) is 0 Å². The van der Waals surface area contributed by atoms with Crippen LogP contribution in [0.5, 0.6) is 0 Å². The highest BCUT2D eigenvalue weighted by molar-refractivity contribution is 6.05. The molecule has 1 nitrogen and oxygen atoms in total. The van der Waals surface area contributed by atoms with Gasteiger partial charge in [0.15, 0.2) is 0 Å². The molecule has 2 aromatic carbocycles. The summed E-state index contributed by atoms with van der Waals surface area (Å²) in [7, 11) is 0. The highest BCUT2D eigenvalue weighted by atomic mass is 14.4. The number of benzene rings is 2. The Hall–Kier alpha value is -2.67. The summed E-state index contributed by atoms with van der Waals surface area (Å²) in [5, 5.41) is 7.69. The lowest BCUT2D eigenvalue weighted by molar-refractivity contribution is 1.41. The van der Waals surface area contributed by atoms with Crippen LogP contribution in [0.1, 0.15) is 22.3 Å². The second-order valence-electron chi connectivity index (χ2n) is 5.68. The lowest BCUT2D eigenvalue weighted by Gasteiger charge is -2.14. The largest absolute Gasteiger partial charge is 0.301 e. The van der Waals surface area contributed by atoms with Gasteiger partial charge in [-0.15, -0.1) is 0 Å². The maximum atomic E-state index is 7.69. The summed E-state index contributed by atoms with van der Waals surface area (Å²) in [4.78, 5) is 0. The van der Waals surface area contributed by atoms with Crippen LogP contribution in [-0.4, -0.2) is 5.71 Å². The minimum absolute atomic E-state index is 0.538. The minimum atomic E-state index is 0.538. The summed E-state index contributed by atoms with van der Waals surface area (Å²) >= 11 is 0. The Kier molecular flexibility index (Phi) is 3.88. The van der Waals surface area contributed by atoms with E-state index >= 15 is 0 Å². The number of hydrogen-bond donors (Lipinski definition) is 1. The Morgan fingerprint density at radius 1 is 0.636 bits per heavy atom. The molecule has 0 heterocycles. The molecule has 0 unspecified atom stereocenters. The van der Waals surface area contributed by atoms with Crippen molar-refractivity contribution in [1.82, 2.24) is 0 Å². The third-order valence-electron chi connectivity index (χ3n) is 3.85. The van der Waals surface area contributed by atoms with Gasteiger partial charge in [0.05, 0.1) is 5.71 Å². The molecule has 22 heavy (non-hydrogen) atoms. The first-order valence-corrected chi connectivity index (χ1v) is 7.46. The molecule has 1 N–H and O–H groups in total. The molecule has 0 radical (unpaired) electrons. The third kappa shape index (κ3) is 2.99. The van der Waals surface area contributed by atoms with Crippen LogP contribution in [-0.2, 0) is 0 Å².